The Labute approximate surface area is 172 Å². The fourth-order valence-corrected chi connectivity index (χ4v) is 3.96. The maximum absolute atomic E-state index is 13.0. The zero-order chi connectivity index (χ0) is 20.7. The summed E-state index contributed by atoms with van der Waals surface area (Å²) in [6, 6.07) is 15.2. The van der Waals surface area contributed by atoms with Gasteiger partial charge in [0.1, 0.15) is 12.4 Å². The van der Waals surface area contributed by atoms with E-state index in [1.54, 1.807) is 24.1 Å². The van der Waals surface area contributed by atoms with Crippen molar-refractivity contribution in [2.24, 2.45) is 0 Å². The first-order chi connectivity index (χ1) is 14.6. The minimum Gasteiger partial charge on any atom is -0.311 e. The molecule has 0 saturated heterocycles. The number of anilines is 1. The summed E-state index contributed by atoms with van der Waals surface area (Å²) < 4.78 is 2.63. The molecule has 0 aliphatic carbocycles. The third kappa shape index (κ3) is 3.06. The van der Waals surface area contributed by atoms with E-state index in [0.29, 0.717) is 29.4 Å². The minimum atomic E-state index is -0.374. The normalized spacial score (nSPS) is 13.4. The molecule has 1 aliphatic heterocycles. The van der Waals surface area contributed by atoms with Crippen LogP contribution in [-0.2, 0) is 17.8 Å². The smallest absolute Gasteiger partial charge is 0.311 e. The molecule has 0 saturated carbocycles. The average molecular weight is 400 g/mol. The molecule has 0 bridgehead atoms. The monoisotopic (exact) mass is 400 g/mol. The molecule has 0 N–H and O–H groups in total. The molecule has 0 spiro atoms. The third-order valence-electron chi connectivity index (χ3n) is 5.36. The summed E-state index contributed by atoms with van der Waals surface area (Å²) >= 11 is 0. The van der Waals surface area contributed by atoms with Crippen LogP contribution in [0.2, 0.25) is 0 Å². The number of amides is 1. The number of para-hydroxylation sites is 1. The molecule has 1 aromatic carbocycles. The van der Waals surface area contributed by atoms with Crippen LogP contribution in [0.5, 0.6) is 0 Å². The van der Waals surface area contributed by atoms with Gasteiger partial charge in [0.2, 0.25) is 5.91 Å². The molecule has 30 heavy (non-hydrogen) atoms. The number of fused-ring (bicyclic) bond motifs is 2. The predicted octanol–water partition coefficient (Wildman–Crippen LogP) is 2.24. The summed E-state index contributed by atoms with van der Waals surface area (Å²) in [6.07, 6.45) is 3.55. The van der Waals surface area contributed by atoms with Gasteiger partial charge >= 0.3 is 5.69 Å². The van der Waals surface area contributed by atoms with Crippen LogP contribution in [0, 0.1) is 6.92 Å². The average Bonchev–Trinajstić information content (AvgIpc) is 3.09. The predicted molar refractivity (Wildman–Crippen MR) is 112 cm³/mol. The Hall–Kier alpha value is -3.81. The molecule has 0 unspecified atom stereocenters. The summed E-state index contributed by atoms with van der Waals surface area (Å²) in [7, 11) is 0. The Morgan fingerprint density at radius 1 is 1.10 bits per heavy atom. The standard InChI is InChI=1S/C22H20N6O2/c1-15-24-18(17-9-4-5-11-23-17)13-20-25-27(22(30)28(15)20)14-21(29)26-12-6-8-16-7-2-3-10-19(16)26/h2-5,7,9-11,13H,6,8,12,14H2,1H3. The largest absolute Gasteiger partial charge is 0.352 e. The molecule has 8 nitrogen and oxygen atoms in total. The van der Waals surface area contributed by atoms with Crippen LogP contribution in [0.4, 0.5) is 5.69 Å². The van der Waals surface area contributed by atoms with Gasteiger partial charge < -0.3 is 4.90 Å². The van der Waals surface area contributed by atoms with Gasteiger partial charge in [0.05, 0.1) is 11.4 Å². The zero-order valence-corrected chi connectivity index (χ0v) is 16.5. The second kappa shape index (κ2) is 7.22. The highest BCUT2D eigenvalue weighted by Crippen LogP contribution is 2.26. The SMILES string of the molecule is Cc1nc(-c2ccccn2)cc2nn(CC(=O)N3CCCc4ccccc43)c(=O)n12. The van der Waals surface area contributed by atoms with E-state index >= 15 is 0 Å². The van der Waals surface area contributed by atoms with Crippen molar-refractivity contribution in [2.75, 3.05) is 11.4 Å². The second-order valence-electron chi connectivity index (χ2n) is 7.32. The number of benzene rings is 1. The zero-order valence-electron chi connectivity index (χ0n) is 16.5. The van der Waals surface area contributed by atoms with Crippen molar-refractivity contribution in [3.05, 3.63) is 76.6 Å². The lowest BCUT2D eigenvalue weighted by Gasteiger charge is -2.29. The van der Waals surface area contributed by atoms with Gasteiger partial charge in [-0.3, -0.25) is 9.78 Å². The number of rotatable bonds is 3. The maximum atomic E-state index is 13.0. The van der Waals surface area contributed by atoms with Crippen LogP contribution in [0.25, 0.3) is 17.0 Å². The Kier molecular flexibility index (Phi) is 4.39. The number of carbonyl (C=O) groups excluding carboxylic acids is 1. The number of hydrogen-bond donors (Lipinski definition) is 0. The molecular formula is C22H20N6O2. The summed E-state index contributed by atoms with van der Waals surface area (Å²) in [4.78, 5) is 36.5. The highest BCUT2D eigenvalue weighted by molar-refractivity contribution is 5.94. The number of nitrogens with zero attached hydrogens (tertiary/aromatic N) is 6. The molecule has 0 atom stereocenters. The molecule has 1 amide bonds. The van der Waals surface area contributed by atoms with Crippen molar-refractivity contribution < 1.29 is 4.79 Å². The molecule has 150 valence electrons. The molecule has 5 rings (SSSR count). The van der Waals surface area contributed by atoms with Crippen LogP contribution >= 0.6 is 0 Å². The van der Waals surface area contributed by atoms with E-state index in [-0.39, 0.29) is 18.1 Å². The summed E-state index contributed by atoms with van der Waals surface area (Å²) in [5.74, 6) is 0.350. The topological polar surface area (TPSA) is 85.4 Å². The number of hydrogen-bond acceptors (Lipinski definition) is 5. The number of aryl methyl sites for hydroxylation is 2. The number of carbonyl (C=O) groups is 1. The first-order valence-electron chi connectivity index (χ1n) is 9.89. The molecule has 4 heterocycles. The van der Waals surface area contributed by atoms with E-state index < -0.39 is 0 Å². The van der Waals surface area contributed by atoms with Crippen LogP contribution in [0.3, 0.4) is 0 Å². The van der Waals surface area contributed by atoms with Crippen molar-refractivity contribution >= 4 is 17.2 Å². The van der Waals surface area contributed by atoms with Crippen molar-refractivity contribution in [3.8, 4) is 11.4 Å². The van der Waals surface area contributed by atoms with Crippen molar-refractivity contribution in [3.63, 3.8) is 0 Å². The lowest BCUT2D eigenvalue weighted by Crippen LogP contribution is -2.39. The molecule has 1 aliphatic rings. The van der Waals surface area contributed by atoms with Gasteiger partial charge in [0, 0.05) is 24.5 Å². The van der Waals surface area contributed by atoms with Gasteiger partial charge in [-0.25, -0.2) is 18.9 Å². The second-order valence-corrected chi connectivity index (χ2v) is 7.32. The fraction of sp³-hybridized carbons (Fsp3) is 0.227. The molecule has 8 heteroatoms. The lowest BCUT2D eigenvalue weighted by atomic mass is 10.0. The van der Waals surface area contributed by atoms with Gasteiger partial charge in [0.25, 0.3) is 0 Å². The van der Waals surface area contributed by atoms with E-state index in [9.17, 15) is 9.59 Å². The van der Waals surface area contributed by atoms with Gasteiger partial charge in [-0.15, -0.1) is 5.10 Å². The van der Waals surface area contributed by atoms with E-state index in [1.807, 2.05) is 42.5 Å². The van der Waals surface area contributed by atoms with Crippen LogP contribution < -0.4 is 10.6 Å². The van der Waals surface area contributed by atoms with E-state index in [4.69, 9.17) is 0 Å². The van der Waals surface area contributed by atoms with Gasteiger partial charge in [-0.1, -0.05) is 24.3 Å². The highest BCUT2D eigenvalue weighted by Gasteiger charge is 2.24. The Morgan fingerprint density at radius 2 is 1.93 bits per heavy atom. The highest BCUT2D eigenvalue weighted by atomic mass is 16.2. The van der Waals surface area contributed by atoms with Gasteiger partial charge in [-0.2, -0.15) is 0 Å². The summed E-state index contributed by atoms with van der Waals surface area (Å²) in [6.45, 7) is 2.27. The van der Waals surface area contributed by atoms with Gasteiger partial charge in [-0.05, 0) is 43.5 Å². The van der Waals surface area contributed by atoms with E-state index in [2.05, 4.69) is 15.1 Å². The van der Waals surface area contributed by atoms with Crippen LogP contribution in [-0.4, -0.2) is 36.6 Å². The molecule has 3 aromatic heterocycles. The van der Waals surface area contributed by atoms with E-state index in [1.165, 1.54) is 9.08 Å². The first kappa shape index (κ1) is 18.2. The van der Waals surface area contributed by atoms with Crippen molar-refractivity contribution in [1.82, 2.24) is 24.1 Å². The third-order valence-corrected chi connectivity index (χ3v) is 5.36. The number of aromatic nitrogens is 5. The minimum absolute atomic E-state index is 0.118. The van der Waals surface area contributed by atoms with Crippen molar-refractivity contribution in [2.45, 2.75) is 26.3 Å². The Balaban J connectivity index is 1.50. The summed E-state index contributed by atoms with van der Waals surface area (Å²) in [5.41, 5.74) is 3.47. The first-order valence-corrected chi connectivity index (χ1v) is 9.89. The fourth-order valence-electron chi connectivity index (χ4n) is 3.96. The van der Waals surface area contributed by atoms with E-state index in [0.717, 1.165) is 24.1 Å². The van der Waals surface area contributed by atoms with Crippen LogP contribution in [0.1, 0.15) is 17.8 Å². The summed E-state index contributed by atoms with van der Waals surface area (Å²) in [5, 5.41) is 4.40. The molecule has 0 fully saturated rings. The van der Waals surface area contributed by atoms with Crippen LogP contribution in [0.15, 0.2) is 59.5 Å². The molecule has 0 radical (unpaired) electrons. The maximum Gasteiger partial charge on any atom is 0.352 e. The Morgan fingerprint density at radius 3 is 2.77 bits per heavy atom. The number of pyridine rings is 1. The Bertz CT molecular complexity index is 1310. The molecular weight excluding hydrogens is 380 g/mol. The lowest BCUT2D eigenvalue weighted by molar-refractivity contribution is -0.119. The van der Waals surface area contributed by atoms with Crippen molar-refractivity contribution in [1.29, 1.82) is 0 Å². The molecule has 4 aromatic rings. The van der Waals surface area contributed by atoms with Gasteiger partial charge in [0.15, 0.2) is 5.65 Å². The quantitative estimate of drug-likeness (QED) is 0.527.